The topological polar surface area (TPSA) is 12.0 Å². The molecule has 0 amide bonds. The molecule has 0 aliphatic heterocycles. The normalized spacial score (nSPS) is 21.9. The minimum atomic E-state index is 0.694. The first-order valence-electron chi connectivity index (χ1n) is 4.64. The van der Waals surface area contributed by atoms with Gasteiger partial charge in [0.05, 0.1) is 0 Å². The van der Waals surface area contributed by atoms with Crippen molar-refractivity contribution in [2.75, 3.05) is 7.05 Å². The maximum absolute atomic E-state index is 3.34. The monoisotopic (exact) mass is 161 g/mol. The second-order valence-electron chi connectivity index (χ2n) is 3.50. The van der Waals surface area contributed by atoms with E-state index >= 15 is 0 Å². The van der Waals surface area contributed by atoms with Crippen LogP contribution in [0.3, 0.4) is 0 Å². The third-order valence-electron chi connectivity index (χ3n) is 2.76. The zero-order valence-corrected chi connectivity index (χ0v) is 7.51. The first-order valence-corrected chi connectivity index (χ1v) is 4.64. The van der Waals surface area contributed by atoms with Crippen LogP contribution in [0.5, 0.6) is 0 Å². The molecular formula is C11H15N. The minimum absolute atomic E-state index is 0.694. The highest BCUT2D eigenvalue weighted by Crippen LogP contribution is 2.20. The lowest BCUT2D eigenvalue weighted by Gasteiger charge is -2.23. The number of nitrogens with one attached hydrogen (secondary N) is 1. The van der Waals surface area contributed by atoms with Crippen LogP contribution in [-0.2, 0) is 12.8 Å². The van der Waals surface area contributed by atoms with Crippen LogP contribution in [0.4, 0.5) is 0 Å². The van der Waals surface area contributed by atoms with E-state index in [0.717, 1.165) is 0 Å². The molecule has 1 aliphatic rings. The van der Waals surface area contributed by atoms with Crippen LogP contribution in [0, 0.1) is 0 Å². The van der Waals surface area contributed by atoms with Crippen molar-refractivity contribution in [2.45, 2.75) is 25.3 Å². The molecule has 0 saturated carbocycles. The maximum atomic E-state index is 3.34. The molecule has 0 fully saturated rings. The summed E-state index contributed by atoms with van der Waals surface area (Å²) in [6, 6.07) is 9.47. The molecule has 2 rings (SSSR count). The van der Waals surface area contributed by atoms with Gasteiger partial charge >= 0.3 is 0 Å². The molecule has 0 saturated heterocycles. The van der Waals surface area contributed by atoms with Crippen molar-refractivity contribution >= 4 is 0 Å². The Morgan fingerprint density at radius 1 is 1.25 bits per heavy atom. The number of hydrogen-bond donors (Lipinski definition) is 1. The molecule has 0 radical (unpaired) electrons. The molecule has 1 atom stereocenters. The predicted octanol–water partition coefficient (Wildman–Crippen LogP) is 1.76. The van der Waals surface area contributed by atoms with Crippen LogP contribution >= 0.6 is 0 Å². The number of likely N-dealkylation sites (N-methyl/N-ethyl adjacent to an activating group) is 1. The smallest absolute Gasteiger partial charge is 0.0108 e. The van der Waals surface area contributed by atoms with E-state index in [1.807, 2.05) is 0 Å². The fourth-order valence-electron chi connectivity index (χ4n) is 1.94. The Balaban J connectivity index is 2.23. The van der Waals surface area contributed by atoms with E-state index < -0.39 is 0 Å². The summed E-state index contributed by atoms with van der Waals surface area (Å²) in [6.07, 6.45) is 3.72. The summed E-state index contributed by atoms with van der Waals surface area (Å²) in [7, 11) is 2.05. The summed E-state index contributed by atoms with van der Waals surface area (Å²) < 4.78 is 0. The van der Waals surface area contributed by atoms with Crippen molar-refractivity contribution in [3.05, 3.63) is 35.4 Å². The standard InChI is InChI=1S/C11H15N/c1-12-11-7-6-9-4-2-3-5-10(9)8-11/h2-5,11-12H,6-8H2,1H3. The van der Waals surface area contributed by atoms with Crippen LogP contribution in [0.1, 0.15) is 17.5 Å². The summed E-state index contributed by atoms with van der Waals surface area (Å²) in [5.74, 6) is 0. The predicted molar refractivity (Wildman–Crippen MR) is 51.3 cm³/mol. The Labute approximate surface area is 73.8 Å². The van der Waals surface area contributed by atoms with Crippen molar-refractivity contribution in [3.8, 4) is 0 Å². The minimum Gasteiger partial charge on any atom is -0.317 e. The second kappa shape index (κ2) is 3.28. The van der Waals surface area contributed by atoms with E-state index in [2.05, 4.69) is 36.6 Å². The highest BCUT2D eigenvalue weighted by Gasteiger charge is 2.15. The third kappa shape index (κ3) is 1.37. The van der Waals surface area contributed by atoms with Gasteiger partial charge in [0, 0.05) is 6.04 Å². The number of aryl methyl sites for hydroxylation is 1. The van der Waals surface area contributed by atoms with Crippen molar-refractivity contribution in [1.82, 2.24) is 5.32 Å². The van der Waals surface area contributed by atoms with Crippen molar-refractivity contribution in [1.29, 1.82) is 0 Å². The van der Waals surface area contributed by atoms with Crippen molar-refractivity contribution < 1.29 is 0 Å². The highest BCUT2D eigenvalue weighted by molar-refractivity contribution is 5.30. The summed E-state index contributed by atoms with van der Waals surface area (Å²) >= 11 is 0. The number of fused-ring (bicyclic) bond motifs is 1. The molecule has 0 heterocycles. The van der Waals surface area contributed by atoms with Gasteiger partial charge in [-0.1, -0.05) is 24.3 Å². The number of benzene rings is 1. The van der Waals surface area contributed by atoms with Crippen LogP contribution in [-0.4, -0.2) is 13.1 Å². The molecule has 1 aromatic rings. The van der Waals surface area contributed by atoms with Gasteiger partial charge in [-0.2, -0.15) is 0 Å². The zero-order valence-electron chi connectivity index (χ0n) is 7.51. The molecule has 1 nitrogen and oxygen atoms in total. The SMILES string of the molecule is CNC1CCc2ccccc2C1. The molecular weight excluding hydrogens is 146 g/mol. The van der Waals surface area contributed by atoms with Gasteiger partial charge in [0.25, 0.3) is 0 Å². The van der Waals surface area contributed by atoms with Gasteiger partial charge in [0.15, 0.2) is 0 Å². The molecule has 1 heteroatoms. The van der Waals surface area contributed by atoms with E-state index in [1.54, 1.807) is 5.56 Å². The Bertz CT molecular complexity index is 267. The van der Waals surface area contributed by atoms with E-state index in [-0.39, 0.29) is 0 Å². The van der Waals surface area contributed by atoms with Crippen LogP contribution in [0.15, 0.2) is 24.3 Å². The molecule has 1 aliphatic carbocycles. The molecule has 1 aromatic carbocycles. The van der Waals surface area contributed by atoms with Gasteiger partial charge in [0.2, 0.25) is 0 Å². The second-order valence-corrected chi connectivity index (χ2v) is 3.50. The van der Waals surface area contributed by atoms with E-state index in [0.29, 0.717) is 6.04 Å². The van der Waals surface area contributed by atoms with Crippen LogP contribution < -0.4 is 5.32 Å². The molecule has 0 spiro atoms. The average Bonchev–Trinajstić information content (AvgIpc) is 2.17. The van der Waals surface area contributed by atoms with Gasteiger partial charge in [0.1, 0.15) is 0 Å². The van der Waals surface area contributed by atoms with Crippen LogP contribution in [0.25, 0.3) is 0 Å². The van der Waals surface area contributed by atoms with Gasteiger partial charge < -0.3 is 5.32 Å². The number of hydrogen-bond acceptors (Lipinski definition) is 1. The Morgan fingerprint density at radius 3 is 2.75 bits per heavy atom. The Kier molecular flexibility index (Phi) is 2.13. The molecule has 0 aromatic heterocycles. The summed E-state index contributed by atoms with van der Waals surface area (Å²) in [5.41, 5.74) is 3.08. The fraction of sp³-hybridized carbons (Fsp3) is 0.455. The zero-order chi connectivity index (χ0) is 8.39. The fourth-order valence-corrected chi connectivity index (χ4v) is 1.94. The lowest BCUT2D eigenvalue weighted by molar-refractivity contribution is 0.496. The summed E-state index contributed by atoms with van der Waals surface area (Å²) in [5, 5.41) is 3.34. The van der Waals surface area contributed by atoms with E-state index in [4.69, 9.17) is 0 Å². The Morgan fingerprint density at radius 2 is 2.00 bits per heavy atom. The summed E-state index contributed by atoms with van der Waals surface area (Å²) in [6.45, 7) is 0. The molecule has 0 bridgehead atoms. The molecule has 1 N–H and O–H groups in total. The maximum Gasteiger partial charge on any atom is 0.0108 e. The van der Waals surface area contributed by atoms with Gasteiger partial charge in [-0.05, 0) is 37.4 Å². The Hall–Kier alpha value is -0.820. The van der Waals surface area contributed by atoms with E-state index in [1.165, 1.54) is 24.8 Å². The number of rotatable bonds is 1. The molecule has 12 heavy (non-hydrogen) atoms. The third-order valence-corrected chi connectivity index (χ3v) is 2.76. The quantitative estimate of drug-likeness (QED) is 0.662. The van der Waals surface area contributed by atoms with Crippen LogP contribution in [0.2, 0.25) is 0 Å². The lowest BCUT2D eigenvalue weighted by atomic mass is 9.88. The summed E-state index contributed by atoms with van der Waals surface area (Å²) in [4.78, 5) is 0. The van der Waals surface area contributed by atoms with Crippen molar-refractivity contribution in [3.63, 3.8) is 0 Å². The first kappa shape index (κ1) is 7.81. The largest absolute Gasteiger partial charge is 0.317 e. The molecule has 1 unspecified atom stereocenters. The average molecular weight is 161 g/mol. The van der Waals surface area contributed by atoms with Gasteiger partial charge in [-0.15, -0.1) is 0 Å². The molecule has 64 valence electrons. The lowest BCUT2D eigenvalue weighted by Crippen LogP contribution is -2.31. The highest BCUT2D eigenvalue weighted by atomic mass is 14.9. The van der Waals surface area contributed by atoms with E-state index in [9.17, 15) is 0 Å². The van der Waals surface area contributed by atoms with Crippen molar-refractivity contribution in [2.24, 2.45) is 0 Å². The van der Waals surface area contributed by atoms with Gasteiger partial charge in [-0.25, -0.2) is 0 Å². The first-order chi connectivity index (χ1) is 5.90. The van der Waals surface area contributed by atoms with Gasteiger partial charge in [-0.3, -0.25) is 0 Å².